The maximum atomic E-state index is 12.5. The van der Waals surface area contributed by atoms with Gasteiger partial charge in [0, 0.05) is 14.1 Å². The van der Waals surface area contributed by atoms with E-state index >= 15 is 0 Å². The topological polar surface area (TPSA) is 73.1 Å². The van der Waals surface area contributed by atoms with E-state index in [0.29, 0.717) is 11.2 Å². The molecular formula is C17H19N3O3S. The summed E-state index contributed by atoms with van der Waals surface area (Å²) < 4.78 is 30.6. The first kappa shape index (κ1) is 16.3. The number of anilines is 1. The second-order valence-electron chi connectivity index (χ2n) is 5.71. The van der Waals surface area contributed by atoms with Crippen LogP contribution >= 0.6 is 0 Å². The van der Waals surface area contributed by atoms with E-state index in [1.165, 1.54) is 9.13 Å². The zero-order chi connectivity index (χ0) is 17.5. The molecular weight excluding hydrogens is 326 g/mol. The lowest BCUT2D eigenvalue weighted by atomic mass is 10.2. The van der Waals surface area contributed by atoms with Gasteiger partial charge < -0.3 is 0 Å². The molecule has 1 heterocycles. The third kappa shape index (κ3) is 2.71. The third-order valence-electron chi connectivity index (χ3n) is 4.17. The number of sulfonamides is 1. The van der Waals surface area contributed by atoms with Gasteiger partial charge in [-0.2, -0.15) is 0 Å². The van der Waals surface area contributed by atoms with Crippen LogP contribution in [-0.2, 0) is 30.5 Å². The van der Waals surface area contributed by atoms with Gasteiger partial charge in [-0.25, -0.2) is 13.2 Å². The maximum absolute atomic E-state index is 12.5. The van der Waals surface area contributed by atoms with E-state index in [1.54, 1.807) is 56.6 Å². The summed E-state index contributed by atoms with van der Waals surface area (Å²) in [7, 11) is -0.324. The number of hydrogen-bond acceptors (Lipinski definition) is 3. The van der Waals surface area contributed by atoms with Crippen molar-refractivity contribution < 1.29 is 8.42 Å². The molecule has 1 N–H and O–H groups in total. The van der Waals surface area contributed by atoms with Crippen LogP contribution in [-0.4, -0.2) is 17.6 Å². The molecule has 0 aliphatic rings. The molecule has 0 radical (unpaired) electrons. The molecule has 0 amide bonds. The molecule has 0 aliphatic carbocycles. The lowest BCUT2D eigenvalue weighted by Gasteiger charge is -2.09. The van der Waals surface area contributed by atoms with Crippen LogP contribution in [0.2, 0.25) is 0 Å². The lowest BCUT2D eigenvalue weighted by molar-refractivity contribution is 0.601. The minimum Gasteiger partial charge on any atom is -0.295 e. The summed E-state index contributed by atoms with van der Waals surface area (Å²) in [6, 6.07) is 11.8. The number of aryl methyl sites for hydroxylation is 3. The van der Waals surface area contributed by atoms with Crippen LogP contribution in [0.3, 0.4) is 0 Å². The lowest BCUT2D eigenvalue weighted by Crippen LogP contribution is -2.19. The first-order chi connectivity index (χ1) is 11.3. The molecule has 3 rings (SSSR count). The molecule has 0 unspecified atom stereocenters. The number of nitrogens with one attached hydrogen (secondary N) is 1. The maximum Gasteiger partial charge on any atom is 0.328 e. The van der Waals surface area contributed by atoms with Crippen molar-refractivity contribution in [2.24, 2.45) is 14.1 Å². The second-order valence-corrected chi connectivity index (χ2v) is 7.39. The monoisotopic (exact) mass is 345 g/mol. The van der Waals surface area contributed by atoms with Crippen molar-refractivity contribution in [1.29, 1.82) is 0 Å². The quantitative estimate of drug-likeness (QED) is 0.788. The van der Waals surface area contributed by atoms with Crippen LogP contribution in [0.1, 0.15) is 12.5 Å². The predicted octanol–water partition coefficient (Wildman–Crippen LogP) is 2.24. The summed E-state index contributed by atoms with van der Waals surface area (Å²) in [5.41, 5.74) is 2.76. The van der Waals surface area contributed by atoms with Crippen molar-refractivity contribution in [3.05, 3.63) is 58.5 Å². The Morgan fingerprint density at radius 3 is 2.21 bits per heavy atom. The Hall–Kier alpha value is -2.54. The molecule has 126 valence electrons. The number of aromatic nitrogens is 2. The summed E-state index contributed by atoms with van der Waals surface area (Å²) in [5, 5.41) is 0. The fraction of sp³-hybridized carbons (Fsp3) is 0.235. The van der Waals surface area contributed by atoms with Gasteiger partial charge in [0.2, 0.25) is 0 Å². The standard InChI is InChI=1S/C17H19N3O3S/c1-4-12-5-8-14(9-6-12)24(22,23)18-13-7-10-15-16(11-13)20(3)17(21)19(15)2/h5-11,18H,4H2,1-3H3. The van der Waals surface area contributed by atoms with Crippen LogP contribution in [0.5, 0.6) is 0 Å². The highest BCUT2D eigenvalue weighted by atomic mass is 32.2. The van der Waals surface area contributed by atoms with Crippen molar-refractivity contribution in [2.75, 3.05) is 4.72 Å². The average Bonchev–Trinajstić information content (AvgIpc) is 2.79. The van der Waals surface area contributed by atoms with Crippen LogP contribution < -0.4 is 10.4 Å². The number of fused-ring (bicyclic) bond motifs is 1. The summed E-state index contributed by atoms with van der Waals surface area (Å²) in [5.74, 6) is 0. The van der Waals surface area contributed by atoms with Gasteiger partial charge in [0.05, 0.1) is 21.6 Å². The number of imidazole rings is 1. The van der Waals surface area contributed by atoms with E-state index in [-0.39, 0.29) is 10.6 Å². The largest absolute Gasteiger partial charge is 0.328 e. The van der Waals surface area contributed by atoms with Gasteiger partial charge >= 0.3 is 5.69 Å². The Labute approximate surface area is 140 Å². The van der Waals surface area contributed by atoms with E-state index in [0.717, 1.165) is 17.5 Å². The zero-order valence-corrected chi connectivity index (χ0v) is 14.6. The Bertz CT molecular complexity index is 1060. The molecule has 3 aromatic rings. The zero-order valence-electron chi connectivity index (χ0n) is 13.8. The SMILES string of the molecule is CCc1ccc(S(=O)(=O)Nc2ccc3c(c2)n(C)c(=O)n3C)cc1. The van der Waals surface area contributed by atoms with E-state index in [2.05, 4.69) is 4.72 Å². The Balaban J connectivity index is 1.98. The van der Waals surface area contributed by atoms with Gasteiger partial charge in [0.1, 0.15) is 0 Å². The van der Waals surface area contributed by atoms with Crippen LogP contribution in [0.25, 0.3) is 11.0 Å². The van der Waals surface area contributed by atoms with Gasteiger partial charge in [-0.1, -0.05) is 19.1 Å². The van der Waals surface area contributed by atoms with Gasteiger partial charge in [-0.15, -0.1) is 0 Å². The summed E-state index contributed by atoms with van der Waals surface area (Å²) in [6.45, 7) is 2.01. The molecule has 0 saturated carbocycles. The molecule has 1 aromatic heterocycles. The van der Waals surface area contributed by atoms with Crippen molar-refractivity contribution in [1.82, 2.24) is 9.13 Å². The minimum atomic E-state index is -3.67. The van der Waals surface area contributed by atoms with Crippen molar-refractivity contribution in [3.63, 3.8) is 0 Å². The molecule has 6 nitrogen and oxygen atoms in total. The molecule has 7 heteroatoms. The van der Waals surface area contributed by atoms with Gasteiger partial charge in [-0.05, 0) is 42.3 Å². The smallest absolute Gasteiger partial charge is 0.295 e. The molecule has 24 heavy (non-hydrogen) atoms. The average molecular weight is 345 g/mol. The first-order valence-corrected chi connectivity index (χ1v) is 9.09. The Morgan fingerprint density at radius 1 is 0.958 bits per heavy atom. The molecule has 0 spiro atoms. The molecule has 2 aromatic carbocycles. The Morgan fingerprint density at radius 2 is 1.58 bits per heavy atom. The van der Waals surface area contributed by atoms with Crippen molar-refractivity contribution in [3.8, 4) is 0 Å². The molecule has 0 atom stereocenters. The minimum absolute atomic E-state index is 0.153. The van der Waals surface area contributed by atoms with Crippen LogP contribution in [0, 0.1) is 0 Å². The summed E-state index contributed by atoms with van der Waals surface area (Å²) in [4.78, 5) is 12.2. The number of hydrogen-bond donors (Lipinski definition) is 1. The highest BCUT2D eigenvalue weighted by Gasteiger charge is 2.15. The van der Waals surface area contributed by atoms with E-state index in [4.69, 9.17) is 0 Å². The van der Waals surface area contributed by atoms with Crippen LogP contribution in [0.4, 0.5) is 5.69 Å². The van der Waals surface area contributed by atoms with Crippen molar-refractivity contribution >= 4 is 26.7 Å². The molecule has 0 bridgehead atoms. The number of nitrogens with zero attached hydrogens (tertiary/aromatic N) is 2. The molecule has 0 fully saturated rings. The van der Waals surface area contributed by atoms with E-state index in [9.17, 15) is 13.2 Å². The summed E-state index contributed by atoms with van der Waals surface area (Å²) in [6.07, 6.45) is 0.854. The molecule has 0 aliphatic heterocycles. The number of benzene rings is 2. The molecule has 0 saturated heterocycles. The summed E-state index contributed by atoms with van der Waals surface area (Å²) >= 11 is 0. The number of rotatable bonds is 4. The normalized spacial score (nSPS) is 11.8. The first-order valence-electron chi connectivity index (χ1n) is 7.60. The van der Waals surface area contributed by atoms with Gasteiger partial charge in [0.25, 0.3) is 10.0 Å². The Kier molecular flexibility index (Phi) is 3.96. The van der Waals surface area contributed by atoms with Crippen LogP contribution in [0.15, 0.2) is 52.2 Å². The van der Waals surface area contributed by atoms with E-state index < -0.39 is 10.0 Å². The fourth-order valence-corrected chi connectivity index (χ4v) is 3.74. The second kappa shape index (κ2) is 5.83. The fourth-order valence-electron chi connectivity index (χ4n) is 2.69. The third-order valence-corrected chi connectivity index (χ3v) is 5.56. The highest BCUT2D eigenvalue weighted by molar-refractivity contribution is 7.92. The van der Waals surface area contributed by atoms with Gasteiger partial charge in [0.15, 0.2) is 0 Å². The highest BCUT2D eigenvalue weighted by Crippen LogP contribution is 2.21. The van der Waals surface area contributed by atoms with Gasteiger partial charge in [-0.3, -0.25) is 13.9 Å². The van der Waals surface area contributed by atoms with E-state index in [1.807, 2.05) is 6.92 Å². The van der Waals surface area contributed by atoms with Crippen molar-refractivity contribution in [2.45, 2.75) is 18.2 Å². The predicted molar refractivity (Wildman–Crippen MR) is 94.8 cm³/mol.